The van der Waals surface area contributed by atoms with E-state index in [1.165, 1.54) is 17.5 Å². The maximum absolute atomic E-state index is 13.1. The molecule has 1 aliphatic carbocycles. The number of ether oxygens (including phenoxy) is 2. The molecule has 0 radical (unpaired) electrons. The van der Waals surface area contributed by atoms with Gasteiger partial charge in [0.1, 0.15) is 5.75 Å². The van der Waals surface area contributed by atoms with Crippen molar-refractivity contribution in [2.24, 2.45) is 23.7 Å². The fourth-order valence-electron chi connectivity index (χ4n) is 3.96. The molecule has 0 unspecified atom stereocenters. The zero-order valence-corrected chi connectivity index (χ0v) is 16.1. The van der Waals surface area contributed by atoms with Crippen molar-refractivity contribution in [2.45, 2.75) is 18.7 Å². The molecule has 1 fully saturated rings. The molecule has 1 aromatic carbocycles. The summed E-state index contributed by atoms with van der Waals surface area (Å²) in [5.41, 5.74) is 0. The van der Waals surface area contributed by atoms with E-state index in [1.54, 1.807) is 25.1 Å². The lowest BCUT2D eigenvalue weighted by atomic mass is 9.73. The molecule has 1 heterocycles. The van der Waals surface area contributed by atoms with Crippen molar-refractivity contribution in [2.75, 3.05) is 26.8 Å². The summed E-state index contributed by atoms with van der Waals surface area (Å²) in [6.07, 6.45) is 4.05. The van der Waals surface area contributed by atoms with E-state index >= 15 is 0 Å². The second kappa shape index (κ2) is 7.40. The lowest BCUT2D eigenvalue weighted by Gasteiger charge is -2.32. The summed E-state index contributed by atoms with van der Waals surface area (Å²) in [5.74, 6) is -0.0405. The number of methoxy groups -OCH3 is 1. The predicted molar refractivity (Wildman–Crippen MR) is 97.2 cm³/mol. The average Bonchev–Trinajstić information content (AvgIpc) is 3.06. The summed E-state index contributed by atoms with van der Waals surface area (Å²) in [6, 6.07) is 6.47. The number of nitrogens with zero attached hydrogens (tertiary/aromatic N) is 1. The molecule has 0 spiro atoms. The van der Waals surface area contributed by atoms with E-state index in [-0.39, 0.29) is 34.5 Å². The van der Waals surface area contributed by atoms with E-state index in [0.717, 1.165) is 0 Å². The Labute approximate surface area is 154 Å². The molecule has 0 bridgehead atoms. The Balaban J connectivity index is 1.86. The summed E-state index contributed by atoms with van der Waals surface area (Å²) in [4.78, 5) is 12.6. The van der Waals surface area contributed by atoms with E-state index in [9.17, 15) is 13.2 Å². The number of esters is 1. The first-order valence-corrected chi connectivity index (χ1v) is 10.3. The van der Waals surface area contributed by atoms with E-state index in [1.807, 2.05) is 19.1 Å². The molecule has 2 aliphatic rings. The van der Waals surface area contributed by atoms with Crippen molar-refractivity contribution in [3.63, 3.8) is 0 Å². The second-order valence-corrected chi connectivity index (χ2v) is 8.79. The maximum Gasteiger partial charge on any atom is 0.309 e. The van der Waals surface area contributed by atoms with Gasteiger partial charge >= 0.3 is 5.97 Å². The van der Waals surface area contributed by atoms with Gasteiger partial charge in [-0.25, -0.2) is 8.42 Å². The number of allylic oxidation sites excluding steroid dienone is 1. The van der Waals surface area contributed by atoms with Crippen LogP contribution in [0.2, 0.25) is 0 Å². The minimum atomic E-state index is -3.64. The van der Waals surface area contributed by atoms with Crippen LogP contribution in [0.25, 0.3) is 0 Å². The quantitative estimate of drug-likeness (QED) is 0.580. The zero-order chi connectivity index (χ0) is 18.9. The molecule has 26 heavy (non-hydrogen) atoms. The Hall–Kier alpha value is -1.86. The van der Waals surface area contributed by atoms with Crippen molar-refractivity contribution in [1.29, 1.82) is 0 Å². The summed E-state index contributed by atoms with van der Waals surface area (Å²) < 4.78 is 38.0. The number of hydrogen-bond donors (Lipinski definition) is 0. The van der Waals surface area contributed by atoms with Gasteiger partial charge in [-0.05, 0) is 36.8 Å². The van der Waals surface area contributed by atoms with Crippen molar-refractivity contribution in [1.82, 2.24) is 4.31 Å². The molecule has 6 nitrogen and oxygen atoms in total. The number of rotatable bonds is 5. The van der Waals surface area contributed by atoms with Gasteiger partial charge in [0.25, 0.3) is 0 Å². The molecule has 1 saturated heterocycles. The van der Waals surface area contributed by atoms with Gasteiger partial charge < -0.3 is 9.47 Å². The van der Waals surface area contributed by atoms with Crippen LogP contribution < -0.4 is 4.74 Å². The van der Waals surface area contributed by atoms with E-state index in [2.05, 4.69) is 0 Å². The highest BCUT2D eigenvalue weighted by Gasteiger charge is 2.47. The van der Waals surface area contributed by atoms with Crippen LogP contribution in [-0.4, -0.2) is 45.5 Å². The highest BCUT2D eigenvalue weighted by molar-refractivity contribution is 7.89. The normalized spacial score (nSPS) is 28.6. The molecule has 0 aromatic heterocycles. The summed E-state index contributed by atoms with van der Waals surface area (Å²) in [5, 5.41) is 0. The number of hydrogen-bond acceptors (Lipinski definition) is 5. The Kier molecular flexibility index (Phi) is 5.39. The van der Waals surface area contributed by atoms with Gasteiger partial charge in [-0.15, -0.1) is 0 Å². The minimum Gasteiger partial charge on any atom is -0.497 e. The second-order valence-electron chi connectivity index (χ2n) is 6.85. The van der Waals surface area contributed by atoms with Crippen LogP contribution in [0.3, 0.4) is 0 Å². The maximum atomic E-state index is 13.1. The molecule has 7 heteroatoms. The summed E-state index contributed by atoms with van der Waals surface area (Å²) >= 11 is 0. The summed E-state index contributed by atoms with van der Waals surface area (Å²) in [6.45, 7) is 4.79. The topological polar surface area (TPSA) is 72.9 Å². The molecular formula is C19H25NO5S. The van der Waals surface area contributed by atoms with Crippen molar-refractivity contribution < 1.29 is 22.7 Å². The third-order valence-electron chi connectivity index (χ3n) is 5.31. The fraction of sp³-hybridized carbons (Fsp3) is 0.526. The number of benzene rings is 1. The standard InChI is InChI=1S/C19H25NO5S/c1-4-25-19(21)18-13(2)8-9-14-11-20(12-17(14)18)26(22,23)16-7-5-6-15(10-16)24-3/h5-10,13-14,17-18H,4,11-12H2,1-3H3/t13-,14-,17-,18-/m0/s1. The van der Waals surface area contributed by atoms with Gasteiger partial charge in [0, 0.05) is 19.2 Å². The predicted octanol–water partition coefficient (Wildman–Crippen LogP) is 2.32. The third kappa shape index (κ3) is 3.38. The summed E-state index contributed by atoms with van der Waals surface area (Å²) in [7, 11) is -2.13. The lowest BCUT2D eigenvalue weighted by Crippen LogP contribution is -2.37. The van der Waals surface area contributed by atoms with Gasteiger partial charge in [-0.3, -0.25) is 4.79 Å². The number of fused-ring (bicyclic) bond motifs is 1. The average molecular weight is 379 g/mol. The van der Waals surface area contributed by atoms with E-state index < -0.39 is 10.0 Å². The largest absolute Gasteiger partial charge is 0.497 e. The highest BCUT2D eigenvalue weighted by Crippen LogP contribution is 2.41. The van der Waals surface area contributed by atoms with Crippen LogP contribution in [0.15, 0.2) is 41.3 Å². The zero-order valence-electron chi connectivity index (χ0n) is 15.3. The molecular weight excluding hydrogens is 354 g/mol. The molecule has 4 atom stereocenters. The molecule has 0 amide bonds. The number of sulfonamides is 1. The monoisotopic (exact) mass is 379 g/mol. The third-order valence-corrected chi connectivity index (χ3v) is 7.13. The lowest BCUT2D eigenvalue weighted by molar-refractivity contribution is -0.152. The van der Waals surface area contributed by atoms with Crippen molar-refractivity contribution >= 4 is 16.0 Å². The van der Waals surface area contributed by atoms with Crippen LogP contribution in [0.4, 0.5) is 0 Å². The Bertz CT molecular complexity index is 804. The molecule has 1 aliphatic heterocycles. The van der Waals surface area contributed by atoms with Gasteiger partial charge in [0.05, 0.1) is 24.5 Å². The number of carbonyl (C=O) groups is 1. The Morgan fingerprint density at radius 3 is 2.73 bits per heavy atom. The minimum absolute atomic E-state index is 0.0287. The molecule has 1 aromatic rings. The van der Waals surface area contributed by atoms with Crippen molar-refractivity contribution in [3.05, 3.63) is 36.4 Å². The van der Waals surface area contributed by atoms with Gasteiger partial charge in [-0.2, -0.15) is 4.31 Å². The van der Waals surface area contributed by atoms with Crippen LogP contribution in [0.5, 0.6) is 5.75 Å². The highest BCUT2D eigenvalue weighted by atomic mass is 32.2. The van der Waals surface area contributed by atoms with E-state index in [4.69, 9.17) is 9.47 Å². The van der Waals surface area contributed by atoms with Crippen LogP contribution >= 0.6 is 0 Å². The van der Waals surface area contributed by atoms with E-state index in [0.29, 0.717) is 25.4 Å². The van der Waals surface area contributed by atoms with Crippen molar-refractivity contribution in [3.8, 4) is 5.75 Å². The number of carbonyl (C=O) groups excluding carboxylic acids is 1. The SMILES string of the molecule is CCOC(=O)[C@@H]1[C@H]2CN(S(=O)(=O)c3cccc(OC)c3)C[C@@H]2C=C[C@@H]1C. The molecule has 0 N–H and O–H groups in total. The van der Waals surface area contributed by atoms with Crippen LogP contribution in [0.1, 0.15) is 13.8 Å². The molecule has 0 saturated carbocycles. The first-order valence-electron chi connectivity index (χ1n) is 8.87. The van der Waals surface area contributed by atoms with Crippen LogP contribution in [-0.2, 0) is 19.6 Å². The van der Waals surface area contributed by atoms with Gasteiger partial charge in [-0.1, -0.05) is 25.1 Å². The molecule has 3 rings (SSSR count). The van der Waals surface area contributed by atoms with Gasteiger partial charge in [0.15, 0.2) is 0 Å². The van der Waals surface area contributed by atoms with Crippen LogP contribution in [0, 0.1) is 23.7 Å². The smallest absolute Gasteiger partial charge is 0.309 e. The van der Waals surface area contributed by atoms with Gasteiger partial charge in [0.2, 0.25) is 10.0 Å². The Morgan fingerprint density at radius 1 is 1.27 bits per heavy atom. The Morgan fingerprint density at radius 2 is 2.04 bits per heavy atom. The first-order chi connectivity index (χ1) is 12.4. The fourth-order valence-corrected chi connectivity index (χ4v) is 5.51. The molecule has 142 valence electrons. The first kappa shape index (κ1) is 18.9.